The number of rotatable bonds is 5. The number of anilines is 1. The van der Waals surface area contributed by atoms with Crippen LogP contribution in [0.4, 0.5) is 5.95 Å². The summed E-state index contributed by atoms with van der Waals surface area (Å²) >= 11 is 0. The van der Waals surface area contributed by atoms with Crippen molar-refractivity contribution in [2.45, 2.75) is 31.7 Å². The van der Waals surface area contributed by atoms with Gasteiger partial charge in [-0.25, -0.2) is 4.98 Å². The van der Waals surface area contributed by atoms with E-state index in [1.54, 1.807) is 10.9 Å². The Morgan fingerprint density at radius 2 is 1.86 bits per heavy atom. The molecule has 3 heterocycles. The van der Waals surface area contributed by atoms with Gasteiger partial charge in [-0.05, 0) is 43.7 Å². The second-order valence-electron chi connectivity index (χ2n) is 8.00. The molecule has 8 heteroatoms. The van der Waals surface area contributed by atoms with Crippen LogP contribution in [0.25, 0.3) is 16.9 Å². The first-order chi connectivity index (χ1) is 14.3. The summed E-state index contributed by atoms with van der Waals surface area (Å²) in [7, 11) is 0. The van der Waals surface area contributed by atoms with Gasteiger partial charge in [0, 0.05) is 37.9 Å². The second-order valence-corrected chi connectivity index (χ2v) is 8.00. The van der Waals surface area contributed by atoms with Crippen LogP contribution < -0.4 is 5.32 Å². The Kier molecular flexibility index (Phi) is 5.36. The van der Waals surface area contributed by atoms with Gasteiger partial charge in [0.2, 0.25) is 5.95 Å². The summed E-state index contributed by atoms with van der Waals surface area (Å²) in [6, 6.07) is 10.2. The third-order valence-corrected chi connectivity index (χ3v) is 6.01. The number of para-hydroxylation sites is 1. The number of hydrogen-bond donors (Lipinski definition) is 1. The average Bonchev–Trinajstić information content (AvgIpc) is 3.20. The zero-order valence-corrected chi connectivity index (χ0v) is 16.6. The van der Waals surface area contributed by atoms with Gasteiger partial charge in [-0.15, -0.1) is 5.10 Å². The smallest absolute Gasteiger partial charge is 0.224 e. The first kappa shape index (κ1) is 18.4. The second kappa shape index (κ2) is 8.42. The van der Waals surface area contributed by atoms with E-state index in [1.165, 1.54) is 19.4 Å². The topological polar surface area (TPSA) is 81.0 Å². The third kappa shape index (κ3) is 4.23. The fourth-order valence-electron chi connectivity index (χ4n) is 4.40. The maximum atomic E-state index is 5.46. The first-order valence-corrected chi connectivity index (χ1v) is 10.6. The van der Waals surface area contributed by atoms with E-state index in [0.29, 0.717) is 12.0 Å². The van der Waals surface area contributed by atoms with Crippen LogP contribution >= 0.6 is 0 Å². The summed E-state index contributed by atoms with van der Waals surface area (Å²) in [6.07, 6.45) is 6.61. The van der Waals surface area contributed by atoms with E-state index in [9.17, 15) is 0 Å². The predicted molar refractivity (Wildman–Crippen MR) is 111 cm³/mol. The molecule has 3 aromatic rings. The van der Waals surface area contributed by atoms with Crippen LogP contribution in [-0.4, -0.2) is 68.8 Å². The first-order valence-electron chi connectivity index (χ1n) is 10.6. The minimum absolute atomic E-state index is 0.429. The largest absolute Gasteiger partial charge is 0.379 e. The zero-order valence-electron chi connectivity index (χ0n) is 16.6. The molecule has 1 saturated heterocycles. The highest BCUT2D eigenvalue weighted by Crippen LogP contribution is 2.27. The number of benzene rings is 1. The van der Waals surface area contributed by atoms with Crippen molar-refractivity contribution in [1.82, 2.24) is 29.9 Å². The Hall–Kier alpha value is -2.58. The molecule has 0 atom stereocenters. The number of aromatic nitrogens is 5. The molecule has 0 unspecified atom stereocenters. The van der Waals surface area contributed by atoms with Crippen molar-refractivity contribution in [2.24, 2.45) is 5.92 Å². The van der Waals surface area contributed by atoms with Gasteiger partial charge in [-0.1, -0.05) is 17.3 Å². The van der Waals surface area contributed by atoms with Crippen molar-refractivity contribution in [3.05, 3.63) is 36.5 Å². The quantitative estimate of drug-likeness (QED) is 0.713. The molecule has 2 aliphatic rings. The average molecular weight is 393 g/mol. The molecule has 2 aromatic heterocycles. The van der Waals surface area contributed by atoms with Crippen molar-refractivity contribution in [3.8, 4) is 5.82 Å². The van der Waals surface area contributed by atoms with E-state index in [4.69, 9.17) is 4.74 Å². The Morgan fingerprint density at radius 1 is 1.03 bits per heavy atom. The molecule has 1 aliphatic heterocycles. The summed E-state index contributed by atoms with van der Waals surface area (Å²) in [4.78, 5) is 11.7. The van der Waals surface area contributed by atoms with Crippen molar-refractivity contribution in [1.29, 1.82) is 0 Å². The fraction of sp³-hybridized carbons (Fsp3) is 0.524. The number of fused-ring (bicyclic) bond motifs is 1. The SMILES string of the molecule is c1ccc2c(c1)nnn2-c1ccnc(NC2CCC(CN3CCOCC3)CC2)n1. The normalized spacial score (nSPS) is 23.3. The lowest BCUT2D eigenvalue weighted by Crippen LogP contribution is -2.40. The predicted octanol–water partition coefficient (Wildman–Crippen LogP) is 2.51. The van der Waals surface area contributed by atoms with Crippen molar-refractivity contribution in [2.75, 3.05) is 38.2 Å². The van der Waals surface area contributed by atoms with Gasteiger partial charge in [0.15, 0.2) is 5.82 Å². The lowest BCUT2D eigenvalue weighted by Gasteiger charge is -2.34. The molecule has 152 valence electrons. The third-order valence-electron chi connectivity index (χ3n) is 6.01. The number of nitrogens with zero attached hydrogens (tertiary/aromatic N) is 6. The van der Waals surface area contributed by atoms with Gasteiger partial charge in [0.1, 0.15) is 5.52 Å². The molecule has 8 nitrogen and oxygen atoms in total. The minimum Gasteiger partial charge on any atom is -0.379 e. The molecule has 1 aromatic carbocycles. The summed E-state index contributed by atoms with van der Waals surface area (Å²) in [6.45, 7) is 5.13. The fourth-order valence-corrected chi connectivity index (χ4v) is 4.40. The van der Waals surface area contributed by atoms with Crippen LogP contribution in [0, 0.1) is 5.92 Å². The van der Waals surface area contributed by atoms with E-state index in [2.05, 4.69) is 30.5 Å². The van der Waals surface area contributed by atoms with Crippen LogP contribution in [-0.2, 0) is 4.74 Å². The summed E-state index contributed by atoms with van der Waals surface area (Å²) in [5.74, 6) is 2.19. The Morgan fingerprint density at radius 3 is 2.72 bits per heavy atom. The molecular weight excluding hydrogens is 366 g/mol. The van der Waals surface area contributed by atoms with Crippen LogP contribution in [0.1, 0.15) is 25.7 Å². The highest BCUT2D eigenvalue weighted by atomic mass is 16.5. The van der Waals surface area contributed by atoms with Crippen molar-refractivity contribution >= 4 is 17.0 Å². The molecule has 1 aliphatic carbocycles. The minimum atomic E-state index is 0.429. The van der Waals surface area contributed by atoms with Gasteiger partial charge in [0.05, 0.1) is 18.7 Å². The molecule has 0 bridgehead atoms. The van der Waals surface area contributed by atoms with Crippen LogP contribution in [0.3, 0.4) is 0 Å². The maximum Gasteiger partial charge on any atom is 0.224 e. The van der Waals surface area contributed by atoms with E-state index < -0.39 is 0 Å². The molecular formula is C21H27N7O. The van der Waals surface area contributed by atoms with E-state index >= 15 is 0 Å². The van der Waals surface area contributed by atoms with Gasteiger partial charge in [-0.2, -0.15) is 9.67 Å². The molecule has 1 saturated carbocycles. The van der Waals surface area contributed by atoms with Crippen molar-refractivity contribution < 1.29 is 4.74 Å². The maximum absolute atomic E-state index is 5.46. The summed E-state index contributed by atoms with van der Waals surface area (Å²) < 4.78 is 7.22. The Labute approximate surface area is 170 Å². The van der Waals surface area contributed by atoms with Crippen LogP contribution in [0.15, 0.2) is 36.5 Å². The van der Waals surface area contributed by atoms with Gasteiger partial charge in [-0.3, -0.25) is 4.90 Å². The van der Waals surface area contributed by atoms with Crippen molar-refractivity contribution in [3.63, 3.8) is 0 Å². The zero-order chi connectivity index (χ0) is 19.5. The molecule has 0 amide bonds. The molecule has 29 heavy (non-hydrogen) atoms. The summed E-state index contributed by atoms with van der Waals surface area (Å²) in [5, 5.41) is 12.0. The molecule has 2 fully saturated rings. The van der Waals surface area contributed by atoms with E-state index in [-0.39, 0.29) is 0 Å². The van der Waals surface area contributed by atoms with Gasteiger partial charge < -0.3 is 10.1 Å². The Balaban J connectivity index is 1.20. The highest BCUT2D eigenvalue weighted by Gasteiger charge is 2.24. The monoisotopic (exact) mass is 393 g/mol. The molecule has 5 rings (SSSR count). The Bertz CT molecular complexity index is 945. The van der Waals surface area contributed by atoms with Gasteiger partial charge >= 0.3 is 0 Å². The lowest BCUT2D eigenvalue weighted by molar-refractivity contribution is 0.0276. The highest BCUT2D eigenvalue weighted by molar-refractivity contribution is 5.75. The lowest BCUT2D eigenvalue weighted by atomic mass is 9.85. The van der Waals surface area contributed by atoms with E-state index in [0.717, 1.165) is 61.9 Å². The summed E-state index contributed by atoms with van der Waals surface area (Å²) in [5.41, 5.74) is 1.81. The van der Waals surface area contributed by atoms with Crippen LogP contribution in [0.2, 0.25) is 0 Å². The van der Waals surface area contributed by atoms with Gasteiger partial charge in [0.25, 0.3) is 0 Å². The van der Waals surface area contributed by atoms with Crippen LogP contribution in [0.5, 0.6) is 0 Å². The molecule has 0 spiro atoms. The molecule has 1 N–H and O–H groups in total. The standard InChI is InChI=1S/C21H27N7O/c1-2-4-19-18(3-1)25-26-28(19)20-9-10-22-21(24-20)23-17-7-5-16(6-8-17)15-27-11-13-29-14-12-27/h1-4,9-10,16-17H,5-8,11-15H2,(H,22,23,24). The number of morpholine rings is 1. The number of nitrogens with one attached hydrogen (secondary N) is 1. The molecule has 0 radical (unpaired) electrons. The van der Waals surface area contributed by atoms with E-state index in [1.807, 2.05) is 30.3 Å². The number of hydrogen-bond acceptors (Lipinski definition) is 7. The number of ether oxygens (including phenoxy) is 1.